The molecule has 0 saturated heterocycles. The summed E-state index contributed by atoms with van der Waals surface area (Å²) in [6, 6.07) is 7.28. The third-order valence-electron chi connectivity index (χ3n) is 2.43. The van der Waals surface area contributed by atoms with Gasteiger partial charge in [0.2, 0.25) is 4.96 Å². The predicted octanol–water partition coefficient (Wildman–Crippen LogP) is 1.66. The molecule has 0 spiro atoms. The van der Waals surface area contributed by atoms with E-state index in [2.05, 4.69) is 15.3 Å². The van der Waals surface area contributed by atoms with Crippen LogP contribution in [0.2, 0.25) is 0 Å². The van der Waals surface area contributed by atoms with Crippen molar-refractivity contribution in [1.82, 2.24) is 19.8 Å². The summed E-state index contributed by atoms with van der Waals surface area (Å²) in [5, 5.41) is 13.2. The zero-order chi connectivity index (χ0) is 12.5. The third kappa shape index (κ3) is 2.00. The molecule has 2 heterocycles. The van der Waals surface area contributed by atoms with Gasteiger partial charge in [0.05, 0.1) is 0 Å². The summed E-state index contributed by atoms with van der Waals surface area (Å²) in [4.78, 5) is 0.781. The van der Waals surface area contributed by atoms with E-state index in [-0.39, 0.29) is 0 Å². The first-order valence-electron chi connectivity index (χ1n) is 5.38. The Kier molecular flexibility index (Phi) is 2.60. The average molecular weight is 261 g/mol. The first-order chi connectivity index (χ1) is 8.72. The molecule has 0 radical (unpaired) electrons. The maximum Gasteiger partial charge on any atom is 0.234 e. The van der Waals surface area contributed by atoms with E-state index in [1.807, 2.05) is 19.1 Å². The molecule has 1 aromatic carbocycles. The average Bonchev–Trinajstić information content (AvgIpc) is 2.91. The number of ether oxygens (including phenoxy) is 1. The number of aryl methyl sites for hydroxylation is 1. The molecule has 0 aliphatic heterocycles. The lowest BCUT2D eigenvalue weighted by Crippen LogP contribution is -1.97. The lowest BCUT2D eigenvalue weighted by Gasteiger charge is -2.03. The minimum Gasteiger partial charge on any atom is -0.486 e. The molecule has 2 aromatic heterocycles. The third-order valence-corrected chi connectivity index (χ3v) is 3.30. The monoisotopic (exact) mass is 261 g/mol. The van der Waals surface area contributed by atoms with Crippen molar-refractivity contribution in [2.45, 2.75) is 13.5 Å². The van der Waals surface area contributed by atoms with Crippen LogP contribution in [0, 0.1) is 6.92 Å². The molecule has 7 heteroatoms. The number of aromatic nitrogens is 4. The first-order valence-corrected chi connectivity index (χ1v) is 6.20. The molecule has 92 valence electrons. The Morgan fingerprint density at radius 3 is 2.78 bits per heavy atom. The highest BCUT2D eigenvalue weighted by atomic mass is 32.1. The smallest absolute Gasteiger partial charge is 0.234 e. The van der Waals surface area contributed by atoms with Gasteiger partial charge in [-0.2, -0.15) is 9.61 Å². The predicted molar refractivity (Wildman–Crippen MR) is 68.6 cm³/mol. The highest BCUT2D eigenvalue weighted by Gasteiger charge is 2.08. The zero-order valence-electron chi connectivity index (χ0n) is 9.70. The Morgan fingerprint density at radius 1 is 1.28 bits per heavy atom. The molecule has 2 N–H and O–H groups in total. The van der Waals surface area contributed by atoms with Gasteiger partial charge in [0.25, 0.3) is 0 Å². The lowest BCUT2D eigenvalue weighted by atomic mass is 10.3. The van der Waals surface area contributed by atoms with Crippen LogP contribution in [0.4, 0.5) is 5.69 Å². The molecule has 0 unspecified atom stereocenters. The van der Waals surface area contributed by atoms with E-state index in [0.29, 0.717) is 6.61 Å². The van der Waals surface area contributed by atoms with Crippen LogP contribution in [-0.4, -0.2) is 19.8 Å². The first kappa shape index (κ1) is 11.0. The Labute approximate surface area is 107 Å². The topological polar surface area (TPSA) is 78.3 Å². The molecule has 6 nitrogen and oxygen atoms in total. The second-order valence-corrected chi connectivity index (χ2v) is 4.84. The molecule has 0 amide bonds. The molecule has 0 bridgehead atoms. The number of hydrogen-bond acceptors (Lipinski definition) is 6. The van der Waals surface area contributed by atoms with E-state index in [4.69, 9.17) is 10.5 Å². The van der Waals surface area contributed by atoms with E-state index in [1.54, 1.807) is 16.6 Å². The quantitative estimate of drug-likeness (QED) is 0.725. The fourth-order valence-corrected chi connectivity index (χ4v) is 2.31. The molecule has 0 aliphatic carbocycles. The van der Waals surface area contributed by atoms with Gasteiger partial charge < -0.3 is 10.5 Å². The minimum absolute atomic E-state index is 0.414. The Balaban J connectivity index is 1.74. The molecule has 0 fully saturated rings. The second kappa shape index (κ2) is 4.26. The number of benzene rings is 1. The van der Waals surface area contributed by atoms with Crippen LogP contribution in [-0.2, 0) is 6.61 Å². The summed E-state index contributed by atoms with van der Waals surface area (Å²) < 4.78 is 7.33. The van der Waals surface area contributed by atoms with Crippen LogP contribution in [0.25, 0.3) is 4.96 Å². The van der Waals surface area contributed by atoms with Crippen molar-refractivity contribution in [1.29, 1.82) is 0 Å². The van der Waals surface area contributed by atoms with Gasteiger partial charge in [-0.1, -0.05) is 11.3 Å². The summed E-state index contributed by atoms with van der Waals surface area (Å²) >= 11 is 1.47. The Hall–Kier alpha value is -2.15. The number of rotatable bonds is 3. The van der Waals surface area contributed by atoms with E-state index < -0.39 is 0 Å². The maximum absolute atomic E-state index is 5.62. The van der Waals surface area contributed by atoms with Crippen molar-refractivity contribution >= 4 is 22.0 Å². The maximum atomic E-state index is 5.62. The van der Waals surface area contributed by atoms with Gasteiger partial charge in [-0.15, -0.1) is 10.2 Å². The molecule has 0 atom stereocenters. The van der Waals surface area contributed by atoms with Crippen LogP contribution in [0.3, 0.4) is 0 Å². The van der Waals surface area contributed by atoms with Crippen molar-refractivity contribution in [2.75, 3.05) is 5.73 Å². The number of hydrogen-bond donors (Lipinski definition) is 1. The zero-order valence-corrected chi connectivity index (χ0v) is 10.5. The van der Waals surface area contributed by atoms with E-state index >= 15 is 0 Å². The van der Waals surface area contributed by atoms with Crippen molar-refractivity contribution in [3.63, 3.8) is 0 Å². The lowest BCUT2D eigenvalue weighted by molar-refractivity contribution is 0.304. The normalized spacial score (nSPS) is 10.9. The standard InChI is InChI=1S/C11H11N5OS/c1-7-13-14-11-16(7)15-10(18-11)6-17-9-4-2-8(12)3-5-9/h2-5H,6,12H2,1H3. The van der Waals surface area contributed by atoms with Gasteiger partial charge in [-0.05, 0) is 31.2 Å². The number of fused-ring (bicyclic) bond motifs is 1. The number of nitrogen functional groups attached to an aromatic ring is 1. The van der Waals surface area contributed by atoms with E-state index in [9.17, 15) is 0 Å². The van der Waals surface area contributed by atoms with E-state index in [0.717, 1.165) is 27.2 Å². The SMILES string of the molecule is Cc1nnc2sc(COc3ccc(N)cc3)nn12. The van der Waals surface area contributed by atoms with Crippen LogP contribution < -0.4 is 10.5 Å². The molecule has 3 rings (SSSR count). The van der Waals surface area contributed by atoms with Crippen molar-refractivity contribution in [2.24, 2.45) is 0 Å². The summed E-state index contributed by atoms with van der Waals surface area (Å²) in [5.41, 5.74) is 6.32. The van der Waals surface area contributed by atoms with Crippen LogP contribution in [0.1, 0.15) is 10.8 Å². The van der Waals surface area contributed by atoms with Crippen molar-refractivity contribution < 1.29 is 4.74 Å². The molecule has 3 aromatic rings. The van der Waals surface area contributed by atoms with Crippen molar-refractivity contribution in [3.8, 4) is 5.75 Å². The van der Waals surface area contributed by atoms with E-state index in [1.165, 1.54) is 11.3 Å². The Morgan fingerprint density at radius 2 is 2.06 bits per heavy atom. The molecular weight excluding hydrogens is 250 g/mol. The molecular formula is C11H11N5OS. The van der Waals surface area contributed by atoms with Crippen molar-refractivity contribution in [3.05, 3.63) is 35.1 Å². The summed E-state index contributed by atoms with van der Waals surface area (Å²) in [5.74, 6) is 1.55. The Bertz CT molecular complexity index is 672. The highest BCUT2D eigenvalue weighted by molar-refractivity contribution is 7.16. The van der Waals surface area contributed by atoms with Crippen LogP contribution in [0.15, 0.2) is 24.3 Å². The minimum atomic E-state index is 0.414. The van der Waals surface area contributed by atoms with Gasteiger partial charge in [-0.25, -0.2) is 0 Å². The van der Waals surface area contributed by atoms with Gasteiger partial charge in [-0.3, -0.25) is 0 Å². The second-order valence-electron chi connectivity index (χ2n) is 3.80. The largest absolute Gasteiger partial charge is 0.486 e. The molecule has 18 heavy (non-hydrogen) atoms. The summed E-state index contributed by atoms with van der Waals surface area (Å²) in [6.45, 7) is 2.28. The van der Waals surface area contributed by atoms with Gasteiger partial charge in [0.1, 0.15) is 12.4 Å². The molecule has 0 aliphatic rings. The van der Waals surface area contributed by atoms with Crippen LogP contribution in [0.5, 0.6) is 5.75 Å². The number of nitrogens with zero attached hydrogens (tertiary/aromatic N) is 4. The van der Waals surface area contributed by atoms with Gasteiger partial charge >= 0.3 is 0 Å². The highest BCUT2D eigenvalue weighted by Crippen LogP contribution is 2.18. The fourth-order valence-electron chi connectivity index (χ4n) is 1.52. The number of anilines is 1. The van der Waals surface area contributed by atoms with Gasteiger partial charge in [0.15, 0.2) is 10.8 Å². The van der Waals surface area contributed by atoms with Gasteiger partial charge in [0, 0.05) is 5.69 Å². The summed E-state index contributed by atoms with van der Waals surface area (Å²) in [6.07, 6.45) is 0. The molecule has 0 saturated carbocycles. The van der Waals surface area contributed by atoms with Crippen LogP contribution >= 0.6 is 11.3 Å². The number of nitrogens with two attached hydrogens (primary N) is 1. The fraction of sp³-hybridized carbons (Fsp3) is 0.182. The summed E-state index contributed by atoms with van der Waals surface area (Å²) in [7, 11) is 0.